The lowest BCUT2D eigenvalue weighted by Crippen LogP contribution is -2.35. The van der Waals surface area contributed by atoms with Gasteiger partial charge in [0.2, 0.25) is 5.82 Å². The number of ether oxygens (including phenoxy) is 1. The number of hydrogen-bond donors (Lipinski definition) is 2. The maximum Gasteiger partial charge on any atom is 0.342 e. The van der Waals surface area contributed by atoms with Gasteiger partial charge in [0.25, 0.3) is 5.56 Å². The van der Waals surface area contributed by atoms with Crippen molar-refractivity contribution in [3.05, 3.63) is 20.8 Å². The maximum atomic E-state index is 11.5. The molecular formula is C9H14N4O4. The molecule has 0 bridgehead atoms. The molecule has 1 rings (SSSR count). The minimum absolute atomic E-state index is 0.0796. The fourth-order valence-electron chi connectivity index (χ4n) is 1.30. The van der Waals surface area contributed by atoms with Crippen molar-refractivity contribution in [2.45, 2.75) is 13.3 Å². The van der Waals surface area contributed by atoms with Gasteiger partial charge in [-0.25, -0.2) is 9.89 Å². The van der Waals surface area contributed by atoms with Gasteiger partial charge < -0.3 is 9.64 Å². The number of H-pyrrole nitrogens is 2. The highest BCUT2D eigenvalue weighted by Crippen LogP contribution is 2.01. The van der Waals surface area contributed by atoms with Crippen LogP contribution < -0.4 is 16.1 Å². The summed E-state index contributed by atoms with van der Waals surface area (Å²) in [5.41, 5.74) is -1.25. The van der Waals surface area contributed by atoms with Gasteiger partial charge in [0.15, 0.2) is 0 Å². The van der Waals surface area contributed by atoms with Crippen LogP contribution in [0.2, 0.25) is 0 Å². The summed E-state index contributed by atoms with van der Waals surface area (Å²) >= 11 is 0. The minimum Gasteiger partial charge on any atom is -0.469 e. The largest absolute Gasteiger partial charge is 0.469 e. The normalized spacial score (nSPS) is 10.0. The quantitative estimate of drug-likeness (QED) is 0.631. The average Bonchev–Trinajstić information content (AvgIpc) is 2.31. The zero-order chi connectivity index (χ0) is 12.8. The van der Waals surface area contributed by atoms with Crippen LogP contribution in [0.5, 0.6) is 0 Å². The number of hydrogen-bond acceptors (Lipinski definition) is 6. The molecule has 1 heterocycles. The van der Waals surface area contributed by atoms with Gasteiger partial charge in [0.1, 0.15) is 0 Å². The SMILES string of the molecule is CCN(CCC(=O)OC)c1n[nH]c(=O)[nH]c1=O. The van der Waals surface area contributed by atoms with Crippen LogP contribution in [0.4, 0.5) is 5.82 Å². The molecule has 17 heavy (non-hydrogen) atoms. The number of carbonyl (C=O) groups excluding carboxylic acids is 1. The fraction of sp³-hybridized carbons (Fsp3) is 0.556. The van der Waals surface area contributed by atoms with Gasteiger partial charge in [-0.05, 0) is 6.92 Å². The molecule has 0 aliphatic heterocycles. The van der Waals surface area contributed by atoms with Gasteiger partial charge in [-0.2, -0.15) is 0 Å². The highest BCUT2D eigenvalue weighted by molar-refractivity contribution is 5.69. The number of nitrogens with one attached hydrogen (secondary N) is 2. The molecule has 0 saturated heterocycles. The van der Waals surface area contributed by atoms with Crippen molar-refractivity contribution in [1.29, 1.82) is 0 Å². The summed E-state index contributed by atoms with van der Waals surface area (Å²) in [6.45, 7) is 2.59. The Bertz CT molecular complexity index is 492. The molecule has 0 spiro atoms. The number of rotatable bonds is 5. The van der Waals surface area contributed by atoms with Crippen LogP contribution in [0, 0.1) is 0 Å². The van der Waals surface area contributed by atoms with Crippen molar-refractivity contribution in [1.82, 2.24) is 15.2 Å². The molecule has 8 heteroatoms. The Balaban J connectivity index is 2.83. The lowest BCUT2D eigenvalue weighted by molar-refractivity contribution is -0.140. The van der Waals surface area contributed by atoms with Gasteiger partial charge in [-0.3, -0.25) is 14.6 Å². The molecule has 0 amide bonds. The maximum absolute atomic E-state index is 11.5. The molecule has 0 fully saturated rings. The molecule has 8 nitrogen and oxygen atoms in total. The van der Waals surface area contributed by atoms with Crippen molar-refractivity contribution in [2.75, 3.05) is 25.1 Å². The third-order valence-electron chi connectivity index (χ3n) is 2.19. The second-order valence-electron chi connectivity index (χ2n) is 3.24. The van der Waals surface area contributed by atoms with Gasteiger partial charge in [0, 0.05) is 13.1 Å². The molecule has 0 radical (unpaired) electrons. The molecule has 0 aliphatic rings. The molecule has 0 aromatic carbocycles. The predicted molar refractivity (Wildman–Crippen MR) is 60.0 cm³/mol. The van der Waals surface area contributed by atoms with E-state index < -0.39 is 11.2 Å². The van der Waals surface area contributed by atoms with E-state index >= 15 is 0 Å². The molecular weight excluding hydrogens is 228 g/mol. The second-order valence-corrected chi connectivity index (χ2v) is 3.24. The first kappa shape index (κ1) is 12.9. The van der Waals surface area contributed by atoms with E-state index in [0.717, 1.165) is 0 Å². The Labute approximate surface area is 96.6 Å². The number of aromatic nitrogens is 3. The van der Waals surface area contributed by atoms with Gasteiger partial charge >= 0.3 is 11.7 Å². The first-order valence-electron chi connectivity index (χ1n) is 5.09. The first-order valence-corrected chi connectivity index (χ1v) is 5.09. The summed E-state index contributed by atoms with van der Waals surface area (Å²) in [5.74, 6) is -0.291. The zero-order valence-corrected chi connectivity index (χ0v) is 9.65. The summed E-state index contributed by atoms with van der Waals surface area (Å²) in [6, 6.07) is 0. The second kappa shape index (κ2) is 5.83. The van der Waals surface area contributed by atoms with Crippen molar-refractivity contribution < 1.29 is 9.53 Å². The number of aromatic amines is 2. The lowest BCUT2D eigenvalue weighted by atomic mass is 10.3. The van der Waals surface area contributed by atoms with Crippen LogP contribution in [-0.2, 0) is 9.53 Å². The highest BCUT2D eigenvalue weighted by atomic mass is 16.5. The van der Waals surface area contributed by atoms with Gasteiger partial charge in [-0.1, -0.05) is 0 Å². The van der Waals surface area contributed by atoms with Crippen molar-refractivity contribution in [2.24, 2.45) is 0 Å². The molecule has 2 N–H and O–H groups in total. The number of nitrogens with zero attached hydrogens (tertiary/aromatic N) is 2. The zero-order valence-electron chi connectivity index (χ0n) is 9.65. The number of anilines is 1. The summed E-state index contributed by atoms with van der Waals surface area (Å²) in [4.78, 5) is 36.9. The lowest BCUT2D eigenvalue weighted by Gasteiger charge is -2.19. The van der Waals surface area contributed by atoms with Crippen LogP contribution in [-0.4, -0.2) is 41.3 Å². The van der Waals surface area contributed by atoms with Crippen LogP contribution in [0.3, 0.4) is 0 Å². The highest BCUT2D eigenvalue weighted by Gasteiger charge is 2.12. The summed E-state index contributed by atoms with van der Waals surface area (Å²) in [7, 11) is 1.30. The fourth-order valence-corrected chi connectivity index (χ4v) is 1.30. The van der Waals surface area contributed by atoms with Crippen molar-refractivity contribution >= 4 is 11.8 Å². The van der Waals surface area contributed by atoms with E-state index in [1.54, 1.807) is 4.90 Å². The molecule has 94 valence electrons. The Hall–Kier alpha value is -2.12. The van der Waals surface area contributed by atoms with E-state index in [9.17, 15) is 14.4 Å². The molecule has 0 saturated carbocycles. The summed E-state index contributed by atoms with van der Waals surface area (Å²) in [5, 5.41) is 5.78. The Morgan fingerprint density at radius 3 is 2.71 bits per heavy atom. The van der Waals surface area contributed by atoms with E-state index in [1.807, 2.05) is 6.92 Å². The van der Waals surface area contributed by atoms with E-state index in [2.05, 4.69) is 19.9 Å². The Kier molecular flexibility index (Phi) is 4.44. The predicted octanol–water partition coefficient (Wildman–Crippen LogP) is -1.15. The molecule has 1 aromatic rings. The van der Waals surface area contributed by atoms with Crippen molar-refractivity contribution in [3.8, 4) is 0 Å². The monoisotopic (exact) mass is 242 g/mol. The molecule has 0 aliphatic carbocycles. The number of methoxy groups -OCH3 is 1. The topological polar surface area (TPSA) is 108 Å². The van der Waals surface area contributed by atoms with E-state index in [1.165, 1.54) is 7.11 Å². The minimum atomic E-state index is -0.664. The first-order chi connectivity index (χ1) is 8.08. The van der Waals surface area contributed by atoms with Crippen LogP contribution >= 0.6 is 0 Å². The van der Waals surface area contributed by atoms with E-state index in [4.69, 9.17) is 0 Å². The summed E-state index contributed by atoms with van der Waals surface area (Å²) in [6.07, 6.45) is 0.143. The van der Waals surface area contributed by atoms with E-state index in [-0.39, 0.29) is 18.2 Å². The third kappa shape index (κ3) is 3.44. The van der Waals surface area contributed by atoms with Crippen LogP contribution in [0.25, 0.3) is 0 Å². The molecule has 1 aromatic heterocycles. The third-order valence-corrected chi connectivity index (χ3v) is 2.19. The van der Waals surface area contributed by atoms with Crippen LogP contribution in [0.15, 0.2) is 9.59 Å². The Morgan fingerprint density at radius 2 is 2.18 bits per heavy atom. The smallest absolute Gasteiger partial charge is 0.342 e. The van der Waals surface area contributed by atoms with Gasteiger partial charge in [0.05, 0.1) is 13.5 Å². The number of esters is 1. The van der Waals surface area contributed by atoms with Crippen molar-refractivity contribution in [3.63, 3.8) is 0 Å². The molecule has 0 atom stereocenters. The van der Waals surface area contributed by atoms with E-state index in [0.29, 0.717) is 13.1 Å². The standard InChI is InChI=1S/C9H14N4O4/c1-3-13(5-4-6(14)17-2)7-8(15)10-9(16)12-11-7/h3-5H2,1-2H3,(H2,10,12,15,16). The molecule has 0 unspecified atom stereocenters. The Morgan fingerprint density at radius 1 is 1.47 bits per heavy atom. The number of carbonyl (C=O) groups is 1. The van der Waals surface area contributed by atoms with Crippen LogP contribution in [0.1, 0.15) is 13.3 Å². The van der Waals surface area contributed by atoms with Gasteiger partial charge in [-0.15, -0.1) is 5.10 Å². The average molecular weight is 242 g/mol. The summed E-state index contributed by atoms with van der Waals surface area (Å²) < 4.78 is 4.50.